The van der Waals surface area contributed by atoms with E-state index in [2.05, 4.69) is 5.32 Å². The van der Waals surface area contributed by atoms with Crippen molar-refractivity contribution >= 4 is 11.8 Å². The lowest BCUT2D eigenvalue weighted by Crippen LogP contribution is -2.50. The lowest BCUT2D eigenvalue weighted by Gasteiger charge is -2.32. The van der Waals surface area contributed by atoms with Gasteiger partial charge in [0.05, 0.1) is 6.54 Å². The van der Waals surface area contributed by atoms with E-state index in [9.17, 15) is 9.59 Å². The average molecular weight is 253 g/mol. The summed E-state index contributed by atoms with van der Waals surface area (Å²) in [5.41, 5.74) is 0. The average Bonchev–Trinajstić information content (AvgIpc) is 2.40. The Kier molecular flexibility index (Phi) is 4.58. The highest BCUT2D eigenvalue weighted by molar-refractivity contribution is 5.85. The molecule has 0 radical (unpaired) electrons. The van der Waals surface area contributed by atoms with E-state index in [1.54, 1.807) is 16.8 Å². The predicted molar refractivity (Wildman–Crippen MR) is 69.0 cm³/mol. The second-order valence-corrected chi connectivity index (χ2v) is 5.38. The van der Waals surface area contributed by atoms with Gasteiger partial charge in [0.25, 0.3) is 0 Å². The summed E-state index contributed by atoms with van der Waals surface area (Å²) >= 11 is 0. The summed E-state index contributed by atoms with van der Waals surface area (Å²) in [5.74, 6) is 0.821. The largest absolute Gasteiger partial charge is 0.342 e. The Morgan fingerprint density at radius 2 is 2.28 bits per heavy atom. The second-order valence-electron chi connectivity index (χ2n) is 5.38. The van der Waals surface area contributed by atoms with E-state index in [4.69, 9.17) is 0 Å². The number of piperidine rings is 1. The molecule has 1 atom stereocenters. The molecule has 2 aliphatic rings. The highest BCUT2D eigenvalue weighted by Crippen LogP contribution is 2.17. The van der Waals surface area contributed by atoms with Crippen LogP contribution in [0.1, 0.15) is 25.7 Å². The number of carbonyl (C=O) groups is 2. The van der Waals surface area contributed by atoms with Crippen LogP contribution in [0.5, 0.6) is 0 Å². The van der Waals surface area contributed by atoms with E-state index in [1.165, 1.54) is 12.8 Å². The fourth-order valence-corrected chi connectivity index (χ4v) is 2.63. The molecule has 1 N–H and O–H groups in total. The summed E-state index contributed by atoms with van der Waals surface area (Å²) in [5, 5.41) is 3.37. The van der Waals surface area contributed by atoms with Crippen LogP contribution in [0, 0.1) is 5.92 Å². The van der Waals surface area contributed by atoms with Crippen LogP contribution in [0.25, 0.3) is 0 Å². The molecule has 2 heterocycles. The molecular formula is C13H23N3O2. The maximum absolute atomic E-state index is 12.0. The first-order valence-electron chi connectivity index (χ1n) is 6.89. The molecule has 102 valence electrons. The van der Waals surface area contributed by atoms with Crippen LogP contribution in [-0.2, 0) is 9.59 Å². The summed E-state index contributed by atoms with van der Waals surface area (Å²) in [6.07, 6.45) is 3.98. The summed E-state index contributed by atoms with van der Waals surface area (Å²) in [6.45, 7) is 3.75. The lowest BCUT2D eigenvalue weighted by molar-refractivity contribution is -0.144. The highest BCUT2D eigenvalue weighted by atomic mass is 16.2. The minimum atomic E-state index is 0.0499. The molecule has 2 rings (SSSR count). The van der Waals surface area contributed by atoms with Gasteiger partial charge in [-0.05, 0) is 38.3 Å². The smallest absolute Gasteiger partial charge is 0.241 e. The van der Waals surface area contributed by atoms with Crippen molar-refractivity contribution in [2.45, 2.75) is 25.7 Å². The third kappa shape index (κ3) is 3.45. The van der Waals surface area contributed by atoms with Gasteiger partial charge in [0, 0.05) is 26.6 Å². The van der Waals surface area contributed by atoms with Crippen molar-refractivity contribution in [2.24, 2.45) is 5.92 Å². The van der Waals surface area contributed by atoms with Crippen LogP contribution in [0.3, 0.4) is 0 Å². The highest BCUT2D eigenvalue weighted by Gasteiger charge is 2.25. The topological polar surface area (TPSA) is 52.6 Å². The van der Waals surface area contributed by atoms with E-state index in [0.717, 1.165) is 19.5 Å². The van der Waals surface area contributed by atoms with Crippen molar-refractivity contribution in [2.75, 3.05) is 39.8 Å². The van der Waals surface area contributed by atoms with Crippen LogP contribution in [0.15, 0.2) is 0 Å². The Morgan fingerprint density at radius 3 is 2.94 bits per heavy atom. The Bertz CT molecular complexity index is 313. The maximum Gasteiger partial charge on any atom is 0.241 e. The number of carbonyl (C=O) groups excluding carboxylic acids is 2. The number of hydrogen-bond acceptors (Lipinski definition) is 3. The molecular weight excluding hydrogens is 230 g/mol. The van der Waals surface area contributed by atoms with Crippen molar-refractivity contribution in [3.63, 3.8) is 0 Å². The number of nitrogens with one attached hydrogen (secondary N) is 1. The standard InChI is InChI=1S/C13H23N3O2/c1-15-7-8-16(10-13(15)18)12(17)5-4-11-3-2-6-14-9-11/h11,14H,2-10H2,1H3. The van der Waals surface area contributed by atoms with Crippen molar-refractivity contribution < 1.29 is 9.59 Å². The Morgan fingerprint density at radius 1 is 1.44 bits per heavy atom. The van der Waals surface area contributed by atoms with Crippen molar-refractivity contribution in [3.05, 3.63) is 0 Å². The molecule has 0 spiro atoms. The number of amides is 2. The quantitative estimate of drug-likeness (QED) is 0.774. The first kappa shape index (κ1) is 13.3. The van der Waals surface area contributed by atoms with Gasteiger partial charge in [-0.15, -0.1) is 0 Å². The van der Waals surface area contributed by atoms with Gasteiger partial charge < -0.3 is 15.1 Å². The first-order chi connectivity index (χ1) is 8.66. The molecule has 0 aliphatic carbocycles. The van der Waals surface area contributed by atoms with Gasteiger partial charge in [-0.25, -0.2) is 0 Å². The number of rotatable bonds is 3. The van der Waals surface area contributed by atoms with Crippen LogP contribution in [0.4, 0.5) is 0 Å². The van der Waals surface area contributed by atoms with Crippen molar-refractivity contribution in [1.82, 2.24) is 15.1 Å². The van der Waals surface area contributed by atoms with E-state index in [0.29, 0.717) is 25.4 Å². The van der Waals surface area contributed by atoms with E-state index < -0.39 is 0 Å². The van der Waals surface area contributed by atoms with Gasteiger partial charge in [-0.3, -0.25) is 9.59 Å². The zero-order valence-electron chi connectivity index (χ0n) is 11.2. The Balaban J connectivity index is 1.72. The molecule has 5 heteroatoms. The molecule has 0 saturated carbocycles. The van der Waals surface area contributed by atoms with Crippen LogP contribution in [-0.4, -0.2) is 61.4 Å². The van der Waals surface area contributed by atoms with Gasteiger partial charge in [0.2, 0.25) is 11.8 Å². The van der Waals surface area contributed by atoms with Gasteiger partial charge in [-0.1, -0.05) is 0 Å². The number of piperazine rings is 1. The molecule has 1 unspecified atom stereocenters. The van der Waals surface area contributed by atoms with E-state index >= 15 is 0 Å². The maximum atomic E-state index is 12.0. The van der Waals surface area contributed by atoms with E-state index in [1.807, 2.05) is 0 Å². The van der Waals surface area contributed by atoms with Gasteiger partial charge in [0.15, 0.2) is 0 Å². The number of nitrogens with zero attached hydrogens (tertiary/aromatic N) is 2. The molecule has 0 bridgehead atoms. The summed E-state index contributed by atoms with van der Waals surface area (Å²) in [4.78, 5) is 27.0. The SMILES string of the molecule is CN1CCN(C(=O)CCC2CCCNC2)CC1=O. The zero-order valence-corrected chi connectivity index (χ0v) is 11.2. The number of likely N-dealkylation sites (N-methyl/N-ethyl adjacent to an activating group) is 1. The molecule has 2 aliphatic heterocycles. The molecule has 2 fully saturated rings. The molecule has 0 aromatic heterocycles. The number of hydrogen-bond donors (Lipinski definition) is 1. The van der Waals surface area contributed by atoms with Crippen molar-refractivity contribution in [3.8, 4) is 0 Å². The first-order valence-corrected chi connectivity index (χ1v) is 6.89. The fraction of sp³-hybridized carbons (Fsp3) is 0.846. The van der Waals surface area contributed by atoms with Gasteiger partial charge in [-0.2, -0.15) is 0 Å². The minimum Gasteiger partial charge on any atom is -0.342 e. The molecule has 0 aromatic rings. The van der Waals surface area contributed by atoms with Gasteiger partial charge >= 0.3 is 0 Å². The summed E-state index contributed by atoms with van der Waals surface area (Å²) < 4.78 is 0. The molecule has 2 amide bonds. The minimum absolute atomic E-state index is 0.0499. The predicted octanol–water partition coefficient (Wildman–Crippen LogP) is 0.0668. The molecule has 18 heavy (non-hydrogen) atoms. The van der Waals surface area contributed by atoms with Crippen LogP contribution < -0.4 is 5.32 Å². The van der Waals surface area contributed by atoms with Crippen molar-refractivity contribution in [1.29, 1.82) is 0 Å². The Hall–Kier alpha value is -1.10. The second kappa shape index (κ2) is 6.18. The van der Waals surface area contributed by atoms with E-state index in [-0.39, 0.29) is 18.4 Å². The summed E-state index contributed by atoms with van der Waals surface area (Å²) in [6, 6.07) is 0. The molecule has 5 nitrogen and oxygen atoms in total. The fourth-order valence-electron chi connectivity index (χ4n) is 2.63. The molecule has 2 saturated heterocycles. The monoisotopic (exact) mass is 253 g/mol. The zero-order chi connectivity index (χ0) is 13.0. The van der Waals surface area contributed by atoms with Crippen LogP contribution >= 0.6 is 0 Å². The van der Waals surface area contributed by atoms with Crippen LogP contribution in [0.2, 0.25) is 0 Å². The Labute approximate surface area is 108 Å². The van der Waals surface area contributed by atoms with Gasteiger partial charge in [0.1, 0.15) is 0 Å². The summed E-state index contributed by atoms with van der Waals surface area (Å²) in [7, 11) is 1.79. The third-order valence-corrected chi connectivity index (χ3v) is 3.98. The normalized spacial score (nSPS) is 25.4. The molecule has 0 aromatic carbocycles. The third-order valence-electron chi connectivity index (χ3n) is 3.98. The lowest BCUT2D eigenvalue weighted by atomic mass is 9.94.